The van der Waals surface area contributed by atoms with E-state index in [0.29, 0.717) is 12.1 Å². The van der Waals surface area contributed by atoms with Gasteiger partial charge in [-0.2, -0.15) is 0 Å². The van der Waals surface area contributed by atoms with E-state index in [1.165, 1.54) is 7.11 Å². The van der Waals surface area contributed by atoms with E-state index in [9.17, 15) is 4.79 Å². The molecule has 0 aromatic heterocycles. The second-order valence-electron chi connectivity index (χ2n) is 2.12. The lowest BCUT2D eigenvalue weighted by Gasteiger charge is -1.94. The largest absolute Gasteiger partial charge is 0.466 e. The first-order chi connectivity index (χ1) is 4.74. The zero-order valence-corrected chi connectivity index (χ0v) is 6.05. The minimum atomic E-state index is -0.277. The van der Waals surface area contributed by atoms with Crippen molar-refractivity contribution >= 4 is 11.7 Å². The Morgan fingerprint density at radius 2 is 2.50 bits per heavy atom. The molecule has 0 N–H and O–H groups in total. The minimum absolute atomic E-state index is 0.277. The van der Waals surface area contributed by atoms with E-state index < -0.39 is 0 Å². The van der Waals surface area contributed by atoms with Crippen molar-refractivity contribution in [3.05, 3.63) is 11.6 Å². The summed E-state index contributed by atoms with van der Waals surface area (Å²) in [5.41, 5.74) is 1.53. The number of hydrogen-bond acceptors (Lipinski definition) is 3. The Balaban J connectivity index is 2.63. The number of esters is 1. The highest BCUT2D eigenvalue weighted by Gasteiger charge is 2.12. The van der Waals surface area contributed by atoms with Gasteiger partial charge in [0.1, 0.15) is 0 Å². The number of rotatable bonds is 1. The van der Waals surface area contributed by atoms with Crippen molar-refractivity contribution in [3.8, 4) is 0 Å². The van der Waals surface area contributed by atoms with Gasteiger partial charge in [0.15, 0.2) is 0 Å². The van der Waals surface area contributed by atoms with Gasteiger partial charge in [0.05, 0.1) is 19.2 Å². The maximum Gasteiger partial charge on any atom is 0.335 e. The van der Waals surface area contributed by atoms with Crippen LogP contribution >= 0.6 is 0 Å². The van der Waals surface area contributed by atoms with E-state index in [4.69, 9.17) is 0 Å². The molecule has 0 aromatic rings. The Bertz CT molecular complexity index is 216. The Hall–Kier alpha value is -1.12. The summed E-state index contributed by atoms with van der Waals surface area (Å²) in [5, 5.41) is 0. The van der Waals surface area contributed by atoms with E-state index in [0.717, 1.165) is 5.71 Å². The van der Waals surface area contributed by atoms with Crippen LogP contribution in [0.25, 0.3) is 0 Å². The zero-order valence-electron chi connectivity index (χ0n) is 6.05. The smallest absolute Gasteiger partial charge is 0.335 e. The number of ether oxygens (including phenoxy) is 1. The van der Waals surface area contributed by atoms with Crippen molar-refractivity contribution in [2.75, 3.05) is 13.7 Å². The van der Waals surface area contributed by atoms with Crippen LogP contribution < -0.4 is 0 Å². The number of allylic oxidation sites excluding steroid dienone is 1. The average Bonchev–Trinajstić information content (AvgIpc) is 2.34. The topological polar surface area (TPSA) is 38.7 Å². The van der Waals surface area contributed by atoms with Crippen molar-refractivity contribution in [1.29, 1.82) is 0 Å². The molecular weight excluding hydrogens is 130 g/mol. The van der Waals surface area contributed by atoms with Crippen LogP contribution in [0.3, 0.4) is 0 Å². The van der Waals surface area contributed by atoms with Crippen molar-refractivity contribution in [1.82, 2.24) is 0 Å². The third-order valence-electron chi connectivity index (χ3n) is 1.33. The molecule has 54 valence electrons. The SMILES string of the molecule is COC(=O)C1=CC(C)=NC1. The molecule has 1 aliphatic heterocycles. The van der Waals surface area contributed by atoms with Crippen LogP contribution in [0.15, 0.2) is 16.6 Å². The number of hydrogen-bond donors (Lipinski definition) is 0. The van der Waals surface area contributed by atoms with Crippen LogP contribution in [0, 0.1) is 0 Å². The van der Waals surface area contributed by atoms with Crippen LogP contribution in [-0.4, -0.2) is 25.3 Å². The van der Waals surface area contributed by atoms with Gasteiger partial charge in [-0.15, -0.1) is 0 Å². The fourth-order valence-electron chi connectivity index (χ4n) is 0.808. The third-order valence-corrected chi connectivity index (χ3v) is 1.33. The highest BCUT2D eigenvalue weighted by molar-refractivity contribution is 6.04. The molecule has 0 fully saturated rings. The van der Waals surface area contributed by atoms with Crippen LogP contribution in [-0.2, 0) is 9.53 Å². The first kappa shape index (κ1) is 6.99. The van der Waals surface area contributed by atoms with Gasteiger partial charge in [-0.25, -0.2) is 4.79 Å². The summed E-state index contributed by atoms with van der Waals surface area (Å²) >= 11 is 0. The van der Waals surface area contributed by atoms with Crippen LogP contribution in [0.5, 0.6) is 0 Å². The summed E-state index contributed by atoms with van der Waals surface area (Å²) in [6.07, 6.45) is 1.74. The lowest BCUT2D eigenvalue weighted by atomic mass is 10.2. The van der Waals surface area contributed by atoms with Crippen molar-refractivity contribution in [2.45, 2.75) is 6.92 Å². The molecule has 3 heteroatoms. The predicted molar refractivity (Wildman–Crippen MR) is 38.1 cm³/mol. The highest BCUT2D eigenvalue weighted by Crippen LogP contribution is 2.05. The van der Waals surface area contributed by atoms with Gasteiger partial charge in [0.2, 0.25) is 0 Å². The molecule has 0 atom stereocenters. The summed E-state index contributed by atoms with van der Waals surface area (Å²) in [6.45, 7) is 2.33. The molecule has 0 saturated heterocycles. The standard InChI is InChI=1S/C7H9NO2/c1-5-3-6(4-8-5)7(9)10-2/h3H,4H2,1-2H3. The third kappa shape index (κ3) is 1.23. The molecule has 0 spiro atoms. The molecule has 0 aliphatic carbocycles. The van der Waals surface area contributed by atoms with Crippen LogP contribution in [0.2, 0.25) is 0 Å². The molecule has 1 aliphatic rings. The summed E-state index contributed by atoms with van der Waals surface area (Å²) in [6, 6.07) is 0. The van der Waals surface area contributed by atoms with Gasteiger partial charge in [0.25, 0.3) is 0 Å². The predicted octanol–water partition coefficient (Wildman–Crippen LogP) is 0.560. The number of nitrogens with zero attached hydrogens (tertiary/aromatic N) is 1. The molecular formula is C7H9NO2. The number of carbonyl (C=O) groups excluding carboxylic acids is 1. The van der Waals surface area contributed by atoms with E-state index in [1.807, 2.05) is 6.92 Å². The fraction of sp³-hybridized carbons (Fsp3) is 0.429. The summed E-state index contributed by atoms with van der Waals surface area (Å²) in [4.78, 5) is 14.8. The molecule has 3 nitrogen and oxygen atoms in total. The molecule has 0 amide bonds. The van der Waals surface area contributed by atoms with Gasteiger partial charge < -0.3 is 4.74 Å². The molecule has 0 saturated carbocycles. The number of methoxy groups -OCH3 is 1. The maximum absolute atomic E-state index is 10.8. The molecule has 1 rings (SSSR count). The molecule has 0 radical (unpaired) electrons. The zero-order chi connectivity index (χ0) is 7.56. The second-order valence-corrected chi connectivity index (χ2v) is 2.12. The normalized spacial score (nSPS) is 16.2. The quantitative estimate of drug-likeness (QED) is 0.498. The minimum Gasteiger partial charge on any atom is -0.466 e. The maximum atomic E-state index is 10.8. The Morgan fingerprint density at radius 3 is 2.90 bits per heavy atom. The molecule has 0 aromatic carbocycles. The van der Waals surface area contributed by atoms with Gasteiger partial charge in [-0.05, 0) is 13.0 Å². The van der Waals surface area contributed by atoms with Crippen molar-refractivity contribution in [3.63, 3.8) is 0 Å². The van der Waals surface area contributed by atoms with Crippen molar-refractivity contribution in [2.24, 2.45) is 4.99 Å². The Labute approximate surface area is 59.4 Å². The van der Waals surface area contributed by atoms with Gasteiger partial charge in [0, 0.05) is 5.71 Å². The van der Waals surface area contributed by atoms with E-state index >= 15 is 0 Å². The summed E-state index contributed by atoms with van der Waals surface area (Å²) < 4.78 is 4.50. The van der Waals surface area contributed by atoms with Gasteiger partial charge in [-0.1, -0.05) is 0 Å². The van der Waals surface area contributed by atoms with Crippen LogP contribution in [0.1, 0.15) is 6.92 Å². The second kappa shape index (κ2) is 2.64. The summed E-state index contributed by atoms with van der Waals surface area (Å²) in [7, 11) is 1.37. The molecule has 10 heavy (non-hydrogen) atoms. The summed E-state index contributed by atoms with van der Waals surface area (Å²) in [5.74, 6) is -0.277. The Morgan fingerprint density at radius 1 is 1.80 bits per heavy atom. The van der Waals surface area contributed by atoms with E-state index in [-0.39, 0.29) is 5.97 Å². The Kier molecular flexibility index (Phi) is 1.85. The van der Waals surface area contributed by atoms with Crippen molar-refractivity contribution < 1.29 is 9.53 Å². The first-order valence-corrected chi connectivity index (χ1v) is 3.04. The van der Waals surface area contributed by atoms with E-state index in [2.05, 4.69) is 9.73 Å². The fourth-order valence-corrected chi connectivity index (χ4v) is 0.808. The van der Waals surface area contributed by atoms with Gasteiger partial charge in [-0.3, -0.25) is 4.99 Å². The number of aliphatic imine (C=N–C) groups is 1. The monoisotopic (exact) mass is 139 g/mol. The van der Waals surface area contributed by atoms with Crippen LogP contribution in [0.4, 0.5) is 0 Å². The molecule has 1 heterocycles. The highest BCUT2D eigenvalue weighted by atomic mass is 16.5. The molecule has 0 unspecified atom stereocenters. The number of carbonyl (C=O) groups is 1. The first-order valence-electron chi connectivity index (χ1n) is 3.04. The lowest BCUT2D eigenvalue weighted by Crippen LogP contribution is -2.04. The van der Waals surface area contributed by atoms with Gasteiger partial charge >= 0.3 is 5.97 Å². The van der Waals surface area contributed by atoms with E-state index in [1.54, 1.807) is 6.08 Å². The lowest BCUT2D eigenvalue weighted by molar-refractivity contribution is -0.136. The average molecular weight is 139 g/mol. The molecule has 0 bridgehead atoms.